The number of hydrogen-bond acceptors (Lipinski definition) is 7. The molecule has 0 spiro atoms. The molecule has 3 aromatic carbocycles. The van der Waals surface area contributed by atoms with Gasteiger partial charge in [0.1, 0.15) is 29.7 Å². The topological polar surface area (TPSA) is 75.1 Å². The summed E-state index contributed by atoms with van der Waals surface area (Å²) in [6.07, 6.45) is 3.83. The average Bonchev–Trinajstić information content (AvgIpc) is 3.58. The van der Waals surface area contributed by atoms with Crippen molar-refractivity contribution in [2.75, 3.05) is 33.9 Å². The van der Waals surface area contributed by atoms with Crippen LogP contribution in [-0.4, -0.2) is 48.3 Å². The van der Waals surface area contributed by atoms with E-state index in [1.165, 1.54) is 0 Å². The van der Waals surface area contributed by atoms with Gasteiger partial charge in [-0.3, -0.25) is 9.36 Å². The Morgan fingerprint density at radius 3 is 2.05 bits per heavy atom. The summed E-state index contributed by atoms with van der Waals surface area (Å²) in [5.41, 5.74) is 2.31. The van der Waals surface area contributed by atoms with Gasteiger partial charge in [-0.15, -0.1) is 0 Å². The Morgan fingerprint density at radius 1 is 0.900 bits per heavy atom. The van der Waals surface area contributed by atoms with Gasteiger partial charge in [-0.2, -0.15) is 0 Å². The van der Waals surface area contributed by atoms with Crippen LogP contribution >= 0.6 is 11.6 Å². The predicted octanol–water partition coefficient (Wildman–Crippen LogP) is 5.32. The lowest BCUT2D eigenvalue weighted by Gasteiger charge is -2.26. The van der Waals surface area contributed by atoms with Gasteiger partial charge >= 0.3 is 0 Å². The van der Waals surface area contributed by atoms with Gasteiger partial charge in [0, 0.05) is 24.6 Å². The molecule has 2 aliphatic rings. The number of benzene rings is 3. The molecule has 4 aromatic rings. The van der Waals surface area contributed by atoms with Crippen LogP contribution in [0.15, 0.2) is 65.7 Å². The van der Waals surface area contributed by atoms with Crippen LogP contribution in [0.3, 0.4) is 0 Å². The van der Waals surface area contributed by atoms with Crippen LogP contribution in [0.1, 0.15) is 24.0 Å². The molecule has 0 atom stereocenters. The van der Waals surface area contributed by atoms with E-state index < -0.39 is 0 Å². The summed E-state index contributed by atoms with van der Waals surface area (Å²) in [5, 5.41) is 0.550. The number of hydrogen-bond donors (Lipinski definition) is 0. The Balaban J connectivity index is 1.34. The quantitative estimate of drug-likeness (QED) is 0.259. The van der Waals surface area contributed by atoms with Crippen molar-refractivity contribution in [3.05, 3.63) is 87.4 Å². The molecule has 3 heterocycles. The highest BCUT2D eigenvalue weighted by molar-refractivity contribution is 6.37. The Labute approximate surface area is 238 Å². The third kappa shape index (κ3) is 5.21. The van der Waals surface area contributed by atoms with E-state index in [-0.39, 0.29) is 29.2 Å². The molecule has 0 N–H and O–H groups in total. The van der Waals surface area contributed by atoms with Gasteiger partial charge in [-0.25, -0.2) is 4.98 Å². The molecule has 0 saturated carbocycles. The molecule has 9 heteroatoms. The third-order valence-corrected chi connectivity index (χ3v) is 8.42. The summed E-state index contributed by atoms with van der Waals surface area (Å²) in [5.74, 6) is 2.27. The first-order valence-corrected chi connectivity index (χ1v) is 13.8. The first kappa shape index (κ1) is 26.5. The zero-order chi connectivity index (χ0) is 27.7. The molecule has 208 valence electrons. The number of rotatable bonds is 10. The minimum absolute atomic E-state index is 0.126. The molecule has 0 amide bonds. The largest absolute Gasteiger partial charge is 0.497 e. The van der Waals surface area contributed by atoms with Gasteiger partial charge in [0.15, 0.2) is 11.5 Å². The Morgan fingerprint density at radius 2 is 1.50 bits per heavy atom. The van der Waals surface area contributed by atoms with Crippen LogP contribution in [0, 0.1) is 5.41 Å². The van der Waals surface area contributed by atoms with Crippen molar-refractivity contribution >= 4 is 22.5 Å². The highest BCUT2D eigenvalue weighted by atomic mass is 35.5. The van der Waals surface area contributed by atoms with E-state index in [1.807, 2.05) is 48.5 Å². The van der Waals surface area contributed by atoms with Crippen molar-refractivity contribution < 1.29 is 18.9 Å². The minimum Gasteiger partial charge on any atom is -0.497 e. The maximum atomic E-state index is 13.8. The van der Waals surface area contributed by atoms with Crippen LogP contribution in [0.5, 0.6) is 23.0 Å². The average molecular weight is 562 g/mol. The van der Waals surface area contributed by atoms with Gasteiger partial charge in [-0.1, -0.05) is 35.9 Å². The smallest absolute Gasteiger partial charge is 0.262 e. The van der Waals surface area contributed by atoms with Crippen LogP contribution < -0.4 is 24.5 Å². The molecule has 6 rings (SSSR count). The maximum absolute atomic E-state index is 13.8. The van der Waals surface area contributed by atoms with Gasteiger partial charge in [-0.05, 0) is 61.3 Å². The molecule has 1 aromatic heterocycles. The maximum Gasteiger partial charge on any atom is 0.262 e. The number of aromatic nitrogens is 2. The molecule has 0 unspecified atom stereocenters. The molecule has 2 fully saturated rings. The summed E-state index contributed by atoms with van der Waals surface area (Å²) in [6, 6.07) is 17.0. The molecule has 0 aliphatic carbocycles. The van der Waals surface area contributed by atoms with Gasteiger partial charge < -0.3 is 23.8 Å². The van der Waals surface area contributed by atoms with E-state index in [0.29, 0.717) is 28.9 Å². The second-order valence-corrected chi connectivity index (χ2v) is 11.0. The summed E-state index contributed by atoms with van der Waals surface area (Å²) < 4.78 is 24.7. The first-order chi connectivity index (χ1) is 19.5. The normalized spacial score (nSPS) is 19.6. The summed E-state index contributed by atoms with van der Waals surface area (Å²) >= 11 is 6.95. The first-order valence-electron chi connectivity index (χ1n) is 13.4. The van der Waals surface area contributed by atoms with Crippen molar-refractivity contribution in [3.8, 4) is 23.0 Å². The van der Waals surface area contributed by atoms with E-state index in [1.54, 1.807) is 31.2 Å². The number of fused-ring (bicyclic) bond motifs is 3. The van der Waals surface area contributed by atoms with Gasteiger partial charge in [0.25, 0.3) is 5.56 Å². The molecular formula is C31H32ClN3O5. The SMILES string of the molecule is COc1ccc(COc2cc3ncn(CC45CCN(CC4)C5)c(=O)c3c(Cl)c2OCc2ccc(OC)cc2)cc1. The molecule has 0 radical (unpaired) electrons. The summed E-state index contributed by atoms with van der Waals surface area (Å²) in [6.45, 7) is 4.37. The van der Waals surface area contributed by atoms with Crippen LogP contribution in [-0.2, 0) is 19.8 Å². The van der Waals surface area contributed by atoms with E-state index in [0.717, 1.165) is 55.1 Å². The van der Waals surface area contributed by atoms with E-state index in [2.05, 4.69) is 9.88 Å². The Kier molecular flexibility index (Phi) is 7.29. The predicted molar refractivity (Wildman–Crippen MR) is 154 cm³/mol. The lowest BCUT2D eigenvalue weighted by Crippen LogP contribution is -2.32. The van der Waals surface area contributed by atoms with Crippen LogP contribution in [0.25, 0.3) is 10.9 Å². The number of nitrogens with zero attached hydrogens (tertiary/aromatic N) is 3. The number of methoxy groups -OCH3 is 2. The fourth-order valence-electron chi connectivity index (χ4n) is 5.73. The third-order valence-electron chi connectivity index (χ3n) is 8.05. The fraction of sp³-hybridized carbons (Fsp3) is 0.355. The van der Waals surface area contributed by atoms with E-state index in [4.69, 9.17) is 30.5 Å². The lowest BCUT2D eigenvalue weighted by molar-refractivity contribution is 0.256. The monoisotopic (exact) mass is 561 g/mol. The fourth-order valence-corrected chi connectivity index (χ4v) is 6.06. The zero-order valence-electron chi connectivity index (χ0n) is 22.7. The van der Waals surface area contributed by atoms with Crippen LogP contribution in [0.4, 0.5) is 0 Å². The van der Waals surface area contributed by atoms with Gasteiger partial charge in [0.2, 0.25) is 0 Å². The highest BCUT2D eigenvalue weighted by Gasteiger charge is 2.44. The highest BCUT2D eigenvalue weighted by Crippen LogP contribution is 2.43. The molecule has 2 saturated heterocycles. The van der Waals surface area contributed by atoms with Crippen molar-refractivity contribution in [1.29, 1.82) is 0 Å². The van der Waals surface area contributed by atoms with Crippen molar-refractivity contribution in [2.45, 2.75) is 32.6 Å². The second-order valence-electron chi connectivity index (χ2n) is 10.6. The van der Waals surface area contributed by atoms with Crippen molar-refractivity contribution in [1.82, 2.24) is 14.5 Å². The van der Waals surface area contributed by atoms with E-state index >= 15 is 0 Å². The van der Waals surface area contributed by atoms with Crippen LogP contribution in [0.2, 0.25) is 5.02 Å². The van der Waals surface area contributed by atoms with Gasteiger partial charge in [0.05, 0.1) is 31.4 Å². The molecular weight excluding hydrogens is 530 g/mol. The zero-order valence-corrected chi connectivity index (χ0v) is 23.4. The standard InChI is InChI=1S/C31H32ClN3O5/c1-37-23-7-3-21(4-8-23)16-39-26-15-25-27(28(32)29(26)40-17-22-5-9-24(38-2)10-6-22)30(36)35(20-33-25)19-31-11-13-34(18-31)14-12-31/h3-10,15,20H,11-14,16-19H2,1-2H3. The molecule has 8 nitrogen and oxygen atoms in total. The molecule has 40 heavy (non-hydrogen) atoms. The summed E-state index contributed by atoms with van der Waals surface area (Å²) in [7, 11) is 3.26. The number of piperidine rings is 1. The Hall–Kier alpha value is -3.75. The van der Waals surface area contributed by atoms with Crippen molar-refractivity contribution in [2.24, 2.45) is 5.41 Å². The number of ether oxygens (including phenoxy) is 4. The Bertz CT molecular complexity index is 1560. The lowest BCUT2D eigenvalue weighted by atomic mass is 9.84. The number of halogens is 1. The summed E-state index contributed by atoms with van der Waals surface area (Å²) in [4.78, 5) is 20.9. The van der Waals surface area contributed by atoms with E-state index in [9.17, 15) is 4.79 Å². The second kappa shape index (κ2) is 11.0. The molecule has 2 aliphatic heterocycles. The van der Waals surface area contributed by atoms with Crippen molar-refractivity contribution in [3.63, 3.8) is 0 Å². The minimum atomic E-state index is -0.161. The molecule has 2 bridgehead atoms.